The normalized spacial score (nSPS) is 15.1. The molecule has 0 aliphatic heterocycles. The summed E-state index contributed by atoms with van der Waals surface area (Å²) in [7, 11) is 0. The Balaban J connectivity index is -0.000000491. The first-order chi connectivity index (χ1) is 65.4. The van der Waals surface area contributed by atoms with Gasteiger partial charge in [-0.25, -0.2) is 4.98 Å². The lowest BCUT2D eigenvalue weighted by Crippen LogP contribution is -2.32. The Morgan fingerprint density at radius 2 is 0.699 bits per heavy atom. The van der Waals surface area contributed by atoms with E-state index in [9.17, 15) is 30.0 Å². The lowest BCUT2D eigenvalue weighted by atomic mass is 9.67. The number of nitrogens with two attached hydrogens (primary N) is 2. The van der Waals surface area contributed by atoms with Crippen molar-refractivity contribution in [2.24, 2.45) is 160 Å². The largest absolute Gasteiger partial charge is 0.481 e. The molecule has 1 amide bonds. The topological polar surface area (TPSA) is 389 Å². The molecule has 0 fully saturated rings. The van der Waals surface area contributed by atoms with Crippen LogP contribution in [0.5, 0.6) is 0 Å². The van der Waals surface area contributed by atoms with Gasteiger partial charge in [0.1, 0.15) is 0 Å². The second-order valence-corrected chi connectivity index (χ2v) is 54.3. The van der Waals surface area contributed by atoms with Crippen molar-refractivity contribution in [2.75, 3.05) is 91.2 Å². The van der Waals surface area contributed by atoms with Crippen molar-refractivity contribution < 1.29 is 70.9 Å². The van der Waals surface area contributed by atoms with Crippen LogP contribution in [0.25, 0.3) is 21.8 Å². The Kier molecular flexibility index (Phi) is 73.9. The third-order valence-electron chi connectivity index (χ3n) is 29.1. The highest BCUT2D eigenvalue weighted by Gasteiger charge is 2.37. The summed E-state index contributed by atoms with van der Waals surface area (Å²) in [5, 5.41) is 113. The van der Waals surface area contributed by atoms with Gasteiger partial charge in [0.2, 0.25) is 5.91 Å². The number of H-pyrrole nitrogens is 3. The van der Waals surface area contributed by atoms with E-state index >= 15 is 0 Å². The molecule has 21 heteroatoms. The monoisotopic (exact) mass is 2040 g/mol. The number of nitrogens with zero attached hydrogens (tertiary/aromatic N) is 1. The molecular weight excluding hydrogens is 1810 g/mol. The van der Waals surface area contributed by atoms with Crippen molar-refractivity contribution in [2.45, 2.75) is 373 Å². The van der Waals surface area contributed by atoms with E-state index in [0.717, 1.165) is 75.8 Å². The number of aliphatic hydroxyl groups excluding tert-OH is 11. The van der Waals surface area contributed by atoms with Gasteiger partial charge in [0, 0.05) is 132 Å². The summed E-state index contributed by atoms with van der Waals surface area (Å²) in [5.74, 6) is 6.49. The quantitative estimate of drug-likeness (QED) is 0.0160. The van der Waals surface area contributed by atoms with E-state index in [0.29, 0.717) is 129 Å². The van der Waals surface area contributed by atoms with Gasteiger partial charge in [-0.3, -0.25) is 9.59 Å². The number of para-hydroxylation sites is 2. The SMILES string of the molecule is CC(C)(C)C(CO)CCC(=O)O.CC(C)(C)C(CO)CCC(N)=O.CC(C)(C)C(CO)CCCCN.CC(C)(C)C(CO)Cc1c[nH]c2ccccc12.CC(C)(C)C(CO)Cc1c[nH]c2ccccc12.CC(C)(C)C(CO)Cc1cnc[nH]1.CC(C)C(CO)C(C)(C)C.CC(C)C(c1ccccc1)C(CO)C(C)(C)C.CC(C)CC(CO)C(C)(C)C.CC[C@H](C)C(CO)C(C)(C)C.CSCCC(CO)C(C)(C)C. The van der Waals surface area contributed by atoms with E-state index < -0.39 is 5.97 Å². The Morgan fingerprint density at radius 1 is 0.371 bits per heavy atom. The number of carboxylic acids is 1. The van der Waals surface area contributed by atoms with Crippen molar-refractivity contribution in [3.8, 4) is 0 Å². The molecule has 3 aromatic carbocycles. The highest BCUT2D eigenvalue weighted by Crippen LogP contribution is 2.44. The molecular formula is C122H230N6O14S. The number of aromatic nitrogens is 4. The number of imidazole rings is 1. The van der Waals surface area contributed by atoms with Crippen molar-refractivity contribution >= 4 is 45.4 Å². The molecule has 0 aliphatic carbocycles. The first-order valence-corrected chi connectivity index (χ1v) is 55.3. The van der Waals surface area contributed by atoms with Gasteiger partial charge in [0.05, 0.1) is 6.33 Å². The van der Waals surface area contributed by atoms with Crippen LogP contribution in [0.2, 0.25) is 0 Å². The van der Waals surface area contributed by atoms with Crippen molar-refractivity contribution in [3.05, 3.63) is 126 Å². The molecule has 3 heterocycles. The van der Waals surface area contributed by atoms with Crippen LogP contribution < -0.4 is 11.5 Å². The Bertz CT molecular complexity index is 3910. The van der Waals surface area contributed by atoms with E-state index in [1.807, 2.05) is 56.9 Å². The van der Waals surface area contributed by atoms with Gasteiger partial charge in [-0.1, -0.05) is 363 Å². The molecule has 143 heavy (non-hydrogen) atoms. The number of unbranched alkanes of at least 4 members (excludes halogenated alkanes) is 1. The molecule has 12 unspecified atom stereocenters. The fourth-order valence-electron chi connectivity index (χ4n) is 17.4. The predicted molar refractivity (Wildman–Crippen MR) is 616 cm³/mol. The molecule has 0 radical (unpaired) electrons. The summed E-state index contributed by atoms with van der Waals surface area (Å²) in [6, 6.07) is 27.2. The van der Waals surface area contributed by atoms with E-state index in [4.69, 9.17) is 52.3 Å². The van der Waals surface area contributed by atoms with Crippen LogP contribution in [0.3, 0.4) is 0 Å². The molecule has 838 valence electrons. The third-order valence-corrected chi connectivity index (χ3v) is 29.8. The van der Waals surface area contributed by atoms with Crippen LogP contribution in [0.1, 0.15) is 376 Å². The molecule has 20 nitrogen and oxygen atoms in total. The zero-order valence-electron chi connectivity index (χ0n) is 99.6. The number of aliphatic hydroxyl groups is 11. The standard InChI is InChI=1S/C16H26O.2C15H21NO.C10H18N2O.C10H23NO.2C10H22O.C9H19NO2.C9H18O3.C9H20OS.C9H20O/c1-12(2)15(13-9-7-6-8-10-13)14(11-17)16(3,4)5;2*1-15(2,3)12(10-17)8-11-9-16-14-7-5-4-6-13(11)14;1-10(2,3)8(6-13)4-9-5-11-7-12-9;1-10(2,3)9(8-12)6-4-5-7-11;1-8(2)6-9(7-11)10(3,4)5;1-6-8(2)9(7-11)10(3,4)5;1-9(2,3)7(6-11)4-5-8(10)12;1-9(2,3)7(6-10)4-5-8(11)12;1-9(2,3)8(7-10)5-6-11-4;1-7(2)8(6-10)9(3,4)5/h6-10,12,14-15,17H,11H2,1-5H3;2*4-7,9,12,16-17H,8,10H2,1-3H3;5,7-8,13H,4,6H2,1-3H3,(H,11,12);9,12H,4-8,11H2,1-3H3;2*8-9,11H,6-7H2,1-5H3;7,11H,4-6H2,1-3H3,(H2,10,12);7,10H,4-6H2,1-3H3,(H,11,12);8,10H,5-7H2,1-4H3;7-8,10H,6H2,1-5H3/t;;;;;;8-,9?;;;;/m......0..../s1. The molecule has 0 saturated heterocycles. The average Bonchev–Trinajstić information content (AvgIpc) is 1.70. The zero-order chi connectivity index (χ0) is 112. The van der Waals surface area contributed by atoms with Gasteiger partial charge in [-0.2, -0.15) is 11.8 Å². The van der Waals surface area contributed by atoms with Gasteiger partial charge in [0.15, 0.2) is 0 Å². The molecule has 0 bridgehead atoms. The lowest BCUT2D eigenvalue weighted by Gasteiger charge is -2.38. The highest BCUT2D eigenvalue weighted by molar-refractivity contribution is 7.98. The summed E-state index contributed by atoms with van der Waals surface area (Å²) in [6.07, 6.45) is 20.9. The summed E-state index contributed by atoms with van der Waals surface area (Å²) < 4.78 is 0. The molecule has 13 atom stereocenters. The van der Waals surface area contributed by atoms with Crippen LogP contribution in [0, 0.1) is 148 Å². The maximum absolute atomic E-state index is 10.5. The number of hydrogen-bond donors (Lipinski definition) is 17. The molecule has 19 N–H and O–H groups in total. The number of fused-ring (bicyclic) bond motifs is 2. The Labute approximate surface area is 881 Å². The molecule has 0 aliphatic rings. The second-order valence-electron chi connectivity index (χ2n) is 53.3. The number of benzene rings is 3. The average molecular weight is 2040 g/mol. The number of primary amides is 1. The minimum Gasteiger partial charge on any atom is -0.481 e. The number of thioether (sulfide) groups is 1. The first kappa shape index (κ1) is 146. The smallest absolute Gasteiger partial charge is 0.303 e. The van der Waals surface area contributed by atoms with Gasteiger partial charge in [-0.15, -0.1) is 0 Å². The molecule has 0 saturated carbocycles. The van der Waals surface area contributed by atoms with Crippen LogP contribution in [0.4, 0.5) is 0 Å². The summed E-state index contributed by atoms with van der Waals surface area (Å²) >= 11 is 1.85. The Hall–Kier alpha value is -5.24. The predicted octanol–water partition coefficient (Wildman–Crippen LogP) is 26.7. The molecule has 0 spiro atoms. The number of rotatable bonds is 38. The maximum Gasteiger partial charge on any atom is 0.303 e. The fraction of sp³-hybridized carbons (Fsp3) is 0.779. The maximum atomic E-state index is 10.5. The van der Waals surface area contributed by atoms with E-state index in [-0.39, 0.29) is 129 Å². The van der Waals surface area contributed by atoms with Gasteiger partial charge >= 0.3 is 5.97 Å². The number of nitrogens with one attached hydrogen (secondary N) is 3. The number of aliphatic carboxylic acids is 1. The zero-order valence-corrected chi connectivity index (χ0v) is 100. The van der Waals surface area contributed by atoms with Gasteiger partial charge in [-0.05, 0) is 259 Å². The number of carboxylic acid groups (broad SMARTS) is 1. The molecule has 3 aromatic heterocycles. The molecule has 6 aromatic rings. The number of hydrogen-bond acceptors (Lipinski definition) is 16. The van der Waals surface area contributed by atoms with Crippen LogP contribution >= 0.6 is 11.8 Å². The highest BCUT2D eigenvalue weighted by atomic mass is 32.2. The first-order valence-electron chi connectivity index (χ1n) is 54.0. The number of amides is 1. The summed E-state index contributed by atoms with van der Waals surface area (Å²) in [4.78, 5) is 34.3. The van der Waals surface area contributed by atoms with Gasteiger partial charge in [0.25, 0.3) is 0 Å². The molecule has 6 rings (SSSR count). The van der Waals surface area contributed by atoms with Gasteiger partial charge < -0.3 is 87.7 Å². The number of aromatic amines is 3. The third kappa shape index (κ3) is 65.5. The fourth-order valence-corrected chi connectivity index (χ4v) is 17.9. The van der Waals surface area contributed by atoms with Crippen molar-refractivity contribution in [1.82, 2.24) is 19.9 Å². The summed E-state index contributed by atoms with van der Waals surface area (Å²) in [6.45, 7) is 92.2. The van der Waals surface area contributed by atoms with Crippen molar-refractivity contribution in [3.63, 3.8) is 0 Å². The Morgan fingerprint density at radius 3 is 0.951 bits per heavy atom. The summed E-state index contributed by atoms with van der Waals surface area (Å²) in [5.41, 5.74) is 19.6. The second kappa shape index (κ2) is 72.3. The van der Waals surface area contributed by atoms with Crippen LogP contribution in [-0.4, -0.2) is 184 Å². The lowest BCUT2D eigenvalue weighted by molar-refractivity contribution is -0.137. The van der Waals surface area contributed by atoms with Crippen LogP contribution in [-0.2, 0) is 28.9 Å². The minimum absolute atomic E-state index is 0.00972. The number of carbonyl (C=O) groups excluding carboxylic acids is 1. The van der Waals surface area contributed by atoms with E-state index in [1.165, 1.54) is 38.5 Å². The van der Waals surface area contributed by atoms with Crippen LogP contribution in [0.15, 0.2) is 104 Å². The van der Waals surface area contributed by atoms with E-state index in [2.05, 4.69) is 362 Å². The van der Waals surface area contributed by atoms with Crippen molar-refractivity contribution in [1.29, 1.82) is 0 Å². The minimum atomic E-state index is -0.794. The van der Waals surface area contributed by atoms with E-state index in [1.54, 1.807) is 6.33 Å². The number of carbonyl (C=O) groups is 2.